The van der Waals surface area contributed by atoms with Crippen molar-refractivity contribution in [1.29, 1.82) is 0 Å². The molecule has 0 spiro atoms. The minimum Gasteiger partial charge on any atom is -0.320 e. The van der Waals surface area contributed by atoms with Crippen molar-refractivity contribution in [3.05, 3.63) is 69.1 Å². The summed E-state index contributed by atoms with van der Waals surface area (Å²) in [6.45, 7) is 2.58. The van der Waals surface area contributed by atoms with Gasteiger partial charge in [0, 0.05) is 22.9 Å². The highest BCUT2D eigenvalue weighted by Crippen LogP contribution is 2.34. The van der Waals surface area contributed by atoms with E-state index in [0.29, 0.717) is 22.3 Å². The van der Waals surface area contributed by atoms with Crippen LogP contribution in [0, 0.1) is 6.92 Å². The van der Waals surface area contributed by atoms with Gasteiger partial charge >= 0.3 is 6.03 Å². The molecule has 0 aliphatic carbocycles. The summed E-state index contributed by atoms with van der Waals surface area (Å²) >= 11 is 7.08. The third-order valence-electron chi connectivity index (χ3n) is 4.92. The zero-order chi connectivity index (χ0) is 21.1. The number of nitrogens with zero attached hydrogens (tertiary/aromatic N) is 3. The molecule has 1 saturated heterocycles. The maximum atomic E-state index is 12.8. The number of aromatic nitrogens is 2. The van der Waals surface area contributed by atoms with Gasteiger partial charge in [-0.3, -0.25) is 4.79 Å². The lowest BCUT2D eigenvalue weighted by Crippen LogP contribution is -2.34. The number of carbonyl (C=O) groups excluding carboxylic acids is 2. The van der Waals surface area contributed by atoms with Crippen LogP contribution in [-0.2, 0) is 0 Å². The van der Waals surface area contributed by atoms with Crippen LogP contribution in [0.5, 0.6) is 0 Å². The van der Waals surface area contributed by atoms with Gasteiger partial charge in [-0.05, 0) is 55.7 Å². The Balaban J connectivity index is 1.45. The third kappa shape index (κ3) is 4.44. The first-order chi connectivity index (χ1) is 14.5. The summed E-state index contributed by atoms with van der Waals surface area (Å²) in [5.41, 5.74) is 2.41. The van der Waals surface area contributed by atoms with Gasteiger partial charge in [0.25, 0.3) is 5.91 Å². The van der Waals surface area contributed by atoms with E-state index in [4.69, 9.17) is 11.6 Å². The maximum Gasteiger partial charge on any atom is 0.322 e. The number of rotatable bonds is 4. The van der Waals surface area contributed by atoms with Crippen LogP contribution in [0.1, 0.15) is 39.3 Å². The van der Waals surface area contributed by atoms with E-state index in [1.165, 1.54) is 11.3 Å². The van der Waals surface area contributed by atoms with Gasteiger partial charge in [0.15, 0.2) is 0 Å². The molecule has 2 heterocycles. The Labute approximate surface area is 183 Å². The van der Waals surface area contributed by atoms with Gasteiger partial charge in [-0.1, -0.05) is 41.1 Å². The molecule has 1 aliphatic rings. The summed E-state index contributed by atoms with van der Waals surface area (Å²) < 4.78 is 0. The third-order valence-corrected chi connectivity index (χ3v) is 6.20. The van der Waals surface area contributed by atoms with Crippen molar-refractivity contribution < 1.29 is 9.59 Å². The van der Waals surface area contributed by atoms with E-state index in [-0.39, 0.29) is 23.0 Å². The molecule has 154 valence electrons. The zero-order valence-electron chi connectivity index (χ0n) is 16.3. The van der Waals surface area contributed by atoms with Crippen molar-refractivity contribution in [3.8, 4) is 0 Å². The van der Waals surface area contributed by atoms with E-state index >= 15 is 0 Å². The SMILES string of the molecule is Cc1ccccc1NC(=O)N1CCCC1c1nnc(C(=O)Nc2ccc(Cl)cc2)s1. The Morgan fingerprint density at radius 3 is 2.63 bits per heavy atom. The van der Waals surface area contributed by atoms with Gasteiger partial charge in [-0.15, -0.1) is 10.2 Å². The molecular weight excluding hydrogens is 422 g/mol. The average molecular weight is 442 g/mol. The van der Waals surface area contributed by atoms with E-state index in [2.05, 4.69) is 20.8 Å². The van der Waals surface area contributed by atoms with Gasteiger partial charge in [-0.25, -0.2) is 4.79 Å². The van der Waals surface area contributed by atoms with E-state index in [1.807, 2.05) is 31.2 Å². The van der Waals surface area contributed by atoms with Gasteiger partial charge < -0.3 is 15.5 Å². The standard InChI is InChI=1S/C21H20ClN5O2S/c1-13-5-2-3-6-16(13)24-21(29)27-12-4-7-17(27)19-25-26-20(30-19)18(28)23-15-10-8-14(22)9-11-15/h2-3,5-6,8-11,17H,4,7,12H2,1H3,(H,23,28)(H,24,29). The van der Waals surface area contributed by atoms with Gasteiger partial charge in [0.1, 0.15) is 5.01 Å². The van der Waals surface area contributed by atoms with Crippen LogP contribution < -0.4 is 10.6 Å². The molecule has 2 N–H and O–H groups in total. The van der Waals surface area contributed by atoms with Crippen LogP contribution in [0.25, 0.3) is 0 Å². The number of carbonyl (C=O) groups is 2. The number of amides is 3. The molecule has 2 aromatic carbocycles. The summed E-state index contributed by atoms with van der Waals surface area (Å²) in [7, 11) is 0. The summed E-state index contributed by atoms with van der Waals surface area (Å²) in [6, 6.07) is 14.1. The Morgan fingerprint density at radius 2 is 1.87 bits per heavy atom. The van der Waals surface area contributed by atoms with Crippen LogP contribution >= 0.6 is 22.9 Å². The predicted molar refractivity (Wildman–Crippen MR) is 118 cm³/mol. The normalized spacial score (nSPS) is 15.8. The maximum absolute atomic E-state index is 12.8. The second kappa shape index (κ2) is 8.81. The molecule has 0 bridgehead atoms. The second-order valence-corrected chi connectivity index (χ2v) is 8.45. The lowest BCUT2D eigenvalue weighted by molar-refractivity contribution is 0.102. The predicted octanol–water partition coefficient (Wildman–Crippen LogP) is 5.12. The van der Waals surface area contributed by atoms with Crippen molar-refractivity contribution >= 4 is 46.3 Å². The number of halogens is 1. The number of para-hydroxylation sites is 1. The molecule has 3 aromatic rings. The molecule has 0 saturated carbocycles. The molecule has 1 aromatic heterocycles. The lowest BCUT2D eigenvalue weighted by atomic mass is 10.2. The highest BCUT2D eigenvalue weighted by molar-refractivity contribution is 7.13. The Hall–Kier alpha value is -2.97. The number of anilines is 2. The van der Waals surface area contributed by atoms with Gasteiger partial charge in [0.2, 0.25) is 5.01 Å². The van der Waals surface area contributed by atoms with Gasteiger partial charge in [0.05, 0.1) is 6.04 Å². The number of nitrogens with one attached hydrogen (secondary N) is 2. The molecule has 9 heteroatoms. The van der Waals surface area contributed by atoms with Crippen molar-refractivity contribution in [1.82, 2.24) is 15.1 Å². The van der Waals surface area contributed by atoms with Crippen LogP contribution in [0.2, 0.25) is 5.02 Å². The van der Waals surface area contributed by atoms with Crippen LogP contribution in [-0.4, -0.2) is 33.6 Å². The smallest absolute Gasteiger partial charge is 0.320 e. The van der Waals surface area contributed by atoms with Gasteiger partial charge in [-0.2, -0.15) is 0 Å². The fourth-order valence-electron chi connectivity index (χ4n) is 3.35. The topological polar surface area (TPSA) is 87.2 Å². The highest BCUT2D eigenvalue weighted by Gasteiger charge is 2.33. The second-order valence-electron chi connectivity index (χ2n) is 7.00. The van der Waals surface area contributed by atoms with Crippen molar-refractivity contribution in [2.75, 3.05) is 17.2 Å². The van der Waals surface area contributed by atoms with E-state index in [9.17, 15) is 9.59 Å². The molecule has 0 radical (unpaired) electrons. The van der Waals surface area contributed by atoms with E-state index < -0.39 is 0 Å². The highest BCUT2D eigenvalue weighted by atomic mass is 35.5. The molecule has 30 heavy (non-hydrogen) atoms. The van der Waals surface area contributed by atoms with Crippen LogP contribution in [0.3, 0.4) is 0 Å². The van der Waals surface area contributed by atoms with E-state index in [0.717, 1.165) is 24.1 Å². The molecular formula is C21H20ClN5O2S. The number of benzene rings is 2. The molecule has 1 atom stereocenters. The largest absolute Gasteiger partial charge is 0.322 e. The molecule has 7 nitrogen and oxygen atoms in total. The fourth-order valence-corrected chi connectivity index (χ4v) is 4.36. The number of urea groups is 1. The van der Waals surface area contributed by atoms with E-state index in [1.54, 1.807) is 29.2 Å². The first-order valence-corrected chi connectivity index (χ1v) is 10.7. The summed E-state index contributed by atoms with van der Waals surface area (Å²) in [4.78, 5) is 27.1. The molecule has 1 unspecified atom stereocenters. The minimum atomic E-state index is -0.338. The molecule has 4 rings (SSSR count). The fraction of sp³-hybridized carbons (Fsp3) is 0.238. The monoisotopic (exact) mass is 441 g/mol. The zero-order valence-corrected chi connectivity index (χ0v) is 17.8. The number of hydrogen-bond donors (Lipinski definition) is 2. The van der Waals surface area contributed by atoms with Crippen molar-refractivity contribution in [3.63, 3.8) is 0 Å². The summed E-state index contributed by atoms with van der Waals surface area (Å²) in [5.74, 6) is -0.338. The number of aryl methyl sites for hydroxylation is 1. The Bertz CT molecular complexity index is 1070. The lowest BCUT2D eigenvalue weighted by Gasteiger charge is -2.23. The summed E-state index contributed by atoms with van der Waals surface area (Å²) in [5, 5.41) is 15.5. The molecule has 1 aliphatic heterocycles. The number of hydrogen-bond acceptors (Lipinski definition) is 5. The summed E-state index contributed by atoms with van der Waals surface area (Å²) in [6.07, 6.45) is 1.66. The molecule has 1 fully saturated rings. The van der Waals surface area contributed by atoms with Crippen LogP contribution in [0.15, 0.2) is 48.5 Å². The average Bonchev–Trinajstić information content (AvgIpc) is 3.40. The minimum absolute atomic E-state index is 0.172. The Kier molecular flexibility index (Phi) is 5.96. The Morgan fingerprint density at radius 1 is 1.10 bits per heavy atom. The van der Waals surface area contributed by atoms with Crippen LogP contribution in [0.4, 0.5) is 16.2 Å². The van der Waals surface area contributed by atoms with Crippen molar-refractivity contribution in [2.24, 2.45) is 0 Å². The quantitative estimate of drug-likeness (QED) is 0.588. The van der Waals surface area contributed by atoms with Crippen molar-refractivity contribution in [2.45, 2.75) is 25.8 Å². The number of likely N-dealkylation sites (tertiary alicyclic amines) is 1. The first-order valence-electron chi connectivity index (χ1n) is 9.55. The molecule has 3 amide bonds. The first kappa shape index (κ1) is 20.3.